The van der Waals surface area contributed by atoms with Gasteiger partial charge in [-0.2, -0.15) is 0 Å². The summed E-state index contributed by atoms with van der Waals surface area (Å²) in [6.45, 7) is 5.52. The Balaban J connectivity index is 0.00000220. The zero-order valence-electron chi connectivity index (χ0n) is 12.3. The van der Waals surface area contributed by atoms with Crippen molar-refractivity contribution in [3.05, 3.63) is 22.7 Å². The van der Waals surface area contributed by atoms with E-state index in [1.54, 1.807) is 0 Å². The number of hydrogen-bond donors (Lipinski definition) is 2. The molecule has 2 rings (SSSR count). The van der Waals surface area contributed by atoms with Crippen LogP contribution < -0.4 is 15.4 Å². The van der Waals surface area contributed by atoms with Crippen molar-refractivity contribution >= 4 is 39.9 Å². The summed E-state index contributed by atoms with van der Waals surface area (Å²) in [5.41, 5.74) is 0.742. The van der Waals surface area contributed by atoms with Gasteiger partial charge in [-0.25, -0.2) is 0 Å². The smallest absolute Gasteiger partial charge is 0.227 e. The van der Waals surface area contributed by atoms with Crippen LogP contribution in [0.5, 0.6) is 5.75 Å². The summed E-state index contributed by atoms with van der Waals surface area (Å²) in [4.78, 5) is 12.3. The molecule has 1 aliphatic heterocycles. The average molecular weight is 378 g/mol. The van der Waals surface area contributed by atoms with Crippen LogP contribution in [0.25, 0.3) is 0 Å². The van der Waals surface area contributed by atoms with Crippen LogP contribution >= 0.6 is 28.3 Å². The van der Waals surface area contributed by atoms with Crippen molar-refractivity contribution in [2.24, 2.45) is 5.92 Å². The zero-order valence-corrected chi connectivity index (χ0v) is 14.7. The number of ether oxygens (including phenoxy) is 1. The van der Waals surface area contributed by atoms with Crippen molar-refractivity contribution in [3.63, 3.8) is 0 Å². The highest BCUT2D eigenvalue weighted by molar-refractivity contribution is 9.10. The summed E-state index contributed by atoms with van der Waals surface area (Å²) < 4.78 is 6.51. The lowest BCUT2D eigenvalue weighted by molar-refractivity contribution is -0.120. The number of nitrogens with one attached hydrogen (secondary N) is 2. The van der Waals surface area contributed by atoms with Gasteiger partial charge < -0.3 is 15.4 Å². The van der Waals surface area contributed by atoms with Gasteiger partial charge in [0.25, 0.3) is 0 Å². The molecular weight excluding hydrogens is 356 g/mol. The fourth-order valence-electron chi connectivity index (χ4n) is 2.48. The maximum absolute atomic E-state index is 12.3. The third-order valence-corrected chi connectivity index (χ3v) is 3.99. The van der Waals surface area contributed by atoms with E-state index in [1.807, 2.05) is 25.1 Å². The summed E-state index contributed by atoms with van der Waals surface area (Å²) >= 11 is 3.42. The van der Waals surface area contributed by atoms with Crippen molar-refractivity contribution in [1.29, 1.82) is 0 Å². The van der Waals surface area contributed by atoms with Gasteiger partial charge in [0.05, 0.1) is 12.3 Å². The van der Waals surface area contributed by atoms with E-state index < -0.39 is 0 Å². The molecule has 1 aromatic rings. The summed E-state index contributed by atoms with van der Waals surface area (Å²) in [6.07, 6.45) is 1.77. The topological polar surface area (TPSA) is 50.4 Å². The molecule has 0 radical (unpaired) electrons. The van der Waals surface area contributed by atoms with Crippen molar-refractivity contribution < 1.29 is 9.53 Å². The zero-order chi connectivity index (χ0) is 14.5. The number of piperidine rings is 1. The second-order valence-corrected chi connectivity index (χ2v) is 6.05. The van der Waals surface area contributed by atoms with E-state index in [-0.39, 0.29) is 24.2 Å². The van der Waals surface area contributed by atoms with Crippen LogP contribution in [0.3, 0.4) is 0 Å². The Bertz CT molecular complexity index is 485. The summed E-state index contributed by atoms with van der Waals surface area (Å²) in [5, 5.41) is 6.36. The lowest BCUT2D eigenvalue weighted by atomic mass is 9.92. The van der Waals surface area contributed by atoms with Crippen LogP contribution in [-0.4, -0.2) is 25.1 Å². The van der Waals surface area contributed by atoms with Gasteiger partial charge in [-0.15, -0.1) is 12.4 Å². The molecule has 118 valence electrons. The number of amides is 1. The molecular formula is C15H22BrClN2O2. The number of carbonyl (C=O) groups excluding carboxylic acids is 1. The maximum Gasteiger partial charge on any atom is 0.227 e. The summed E-state index contributed by atoms with van der Waals surface area (Å²) in [5.74, 6) is 0.864. The molecule has 1 heterocycles. The van der Waals surface area contributed by atoms with Gasteiger partial charge in [0.1, 0.15) is 5.75 Å². The van der Waals surface area contributed by atoms with Crippen LogP contribution in [0.15, 0.2) is 22.7 Å². The summed E-state index contributed by atoms with van der Waals surface area (Å²) in [6, 6.07) is 6.06. The van der Waals surface area contributed by atoms with Crippen molar-refractivity contribution in [2.45, 2.75) is 32.7 Å². The SMILES string of the molecule is CCOc1cc(Br)ccc1NC(=O)[C@H]1CCN[C@@H](C)C1.Cl. The van der Waals surface area contributed by atoms with Crippen molar-refractivity contribution in [1.82, 2.24) is 5.32 Å². The maximum atomic E-state index is 12.3. The molecule has 2 atom stereocenters. The minimum absolute atomic E-state index is 0. The molecule has 0 bridgehead atoms. The Kier molecular flexibility index (Phi) is 7.49. The molecule has 6 heteroatoms. The van der Waals surface area contributed by atoms with Crippen molar-refractivity contribution in [2.75, 3.05) is 18.5 Å². The predicted molar refractivity (Wildman–Crippen MR) is 91.4 cm³/mol. The highest BCUT2D eigenvalue weighted by Gasteiger charge is 2.25. The molecule has 1 aromatic carbocycles. The van der Waals surface area contributed by atoms with Crippen LogP contribution in [-0.2, 0) is 4.79 Å². The van der Waals surface area contributed by atoms with E-state index in [4.69, 9.17) is 4.74 Å². The number of anilines is 1. The minimum atomic E-state index is 0. The fourth-order valence-corrected chi connectivity index (χ4v) is 2.82. The van der Waals surface area contributed by atoms with E-state index in [0.717, 1.165) is 29.5 Å². The summed E-state index contributed by atoms with van der Waals surface area (Å²) in [7, 11) is 0. The molecule has 4 nitrogen and oxygen atoms in total. The molecule has 0 spiro atoms. The number of rotatable bonds is 4. The molecule has 1 fully saturated rings. The first-order valence-electron chi connectivity index (χ1n) is 7.06. The first kappa shape index (κ1) is 18.3. The van der Waals surface area contributed by atoms with E-state index >= 15 is 0 Å². The number of benzene rings is 1. The Labute approximate surface area is 140 Å². The lowest BCUT2D eigenvalue weighted by Crippen LogP contribution is -2.40. The molecule has 0 aromatic heterocycles. The van der Waals surface area contributed by atoms with Gasteiger partial charge in [-0.1, -0.05) is 15.9 Å². The molecule has 0 unspecified atom stereocenters. The van der Waals surface area contributed by atoms with Crippen LogP contribution in [0.2, 0.25) is 0 Å². The van der Waals surface area contributed by atoms with Gasteiger partial charge in [0.2, 0.25) is 5.91 Å². The number of halogens is 2. The highest BCUT2D eigenvalue weighted by Crippen LogP contribution is 2.29. The highest BCUT2D eigenvalue weighted by atomic mass is 79.9. The molecule has 1 aliphatic rings. The van der Waals surface area contributed by atoms with Crippen LogP contribution in [0.4, 0.5) is 5.69 Å². The van der Waals surface area contributed by atoms with Gasteiger partial charge >= 0.3 is 0 Å². The average Bonchev–Trinajstić information content (AvgIpc) is 2.42. The van der Waals surface area contributed by atoms with Gasteiger partial charge in [0, 0.05) is 16.4 Å². The Morgan fingerprint density at radius 3 is 2.95 bits per heavy atom. The molecule has 1 amide bonds. The van der Waals surface area contributed by atoms with E-state index in [1.165, 1.54) is 0 Å². The molecule has 0 aliphatic carbocycles. The monoisotopic (exact) mass is 376 g/mol. The van der Waals surface area contributed by atoms with Crippen LogP contribution in [0.1, 0.15) is 26.7 Å². The minimum Gasteiger partial charge on any atom is -0.492 e. The number of carbonyl (C=O) groups is 1. The molecule has 2 N–H and O–H groups in total. The Hall–Kier alpha value is -0.780. The van der Waals surface area contributed by atoms with Crippen molar-refractivity contribution in [3.8, 4) is 5.75 Å². The Morgan fingerprint density at radius 1 is 1.52 bits per heavy atom. The predicted octanol–water partition coefficient (Wildman–Crippen LogP) is 3.60. The van der Waals surface area contributed by atoms with E-state index in [0.29, 0.717) is 18.4 Å². The Morgan fingerprint density at radius 2 is 2.29 bits per heavy atom. The van der Waals surface area contributed by atoms with Gasteiger partial charge in [-0.3, -0.25) is 4.79 Å². The van der Waals surface area contributed by atoms with Crippen LogP contribution in [0, 0.1) is 5.92 Å². The number of hydrogen-bond acceptors (Lipinski definition) is 3. The molecule has 21 heavy (non-hydrogen) atoms. The molecule has 1 saturated heterocycles. The fraction of sp³-hybridized carbons (Fsp3) is 0.533. The van der Waals surface area contributed by atoms with E-state index in [2.05, 4.69) is 33.5 Å². The molecule has 0 saturated carbocycles. The first-order valence-corrected chi connectivity index (χ1v) is 7.86. The first-order chi connectivity index (χ1) is 9.60. The standard InChI is InChI=1S/C15H21BrN2O2.ClH/c1-3-20-14-9-12(16)4-5-13(14)18-15(19)11-6-7-17-10(2)8-11;/h4-5,9-11,17H,3,6-8H2,1-2H3,(H,18,19);1H/t10-,11-;/m0./s1. The second kappa shape index (κ2) is 8.61. The third-order valence-electron chi connectivity index (χ3n) is 3.50. The van der Waals surface area contributed by atoms with E-state index in [9.17, 15) is 4.79 Å². The third kappa shape index (κ3) is 5.16. The lowest BCUT2D eigenvalue weighted by Gasteiger charge is -2.27. The van der Waals surface area contributed by atoms with Gasteiger partial charge in [0.15, 0.2) is 0 Å². The quantitative estimate of drug-likeness (QED) is 0.843. The van der Waals surface area contributed by atoms with Gasteiger partial charge in [-0.05, 0) is 51.4 Å². The normalized spacial score (nSPS) is 21.3. The largest absolute Gasteiger partial charge is 0.492 e. The second-order valence-electron chi connectivity index (χ2n) is 5.14.